The number of aromatic nitrogens is 2. The van der Waals surface area contributed by atoms with Crippen LogP contribution < -0.4 is 15.7 Å². The molecule has 2 aliphatic heterocycles. The molecular formula is C11H17N5O. The second-order valence-corrected chi connectivity index (χ2v) is 4.62. The molecule has 0 amide bonds. The van der Waals surface area contributed by atoms with Crippen LogP contribution in [0.1, 0.15) is 12.8 Å². The normalized spacial score (nSPS) is 27.2. The van der Waals surface area contributed by atoms with Crippen LogP contribution in [-0.4, -0.2) is 42.3 Å². The van der Waals surface area contributed by atoms with Gasteiger partial charge in [-0.05, 0) is 12.8 Å². The highest BCUT2D eigenvalue weighted by Gasteiger charge is 2.32. The average molecular weight is 235 g/mol. The van der Waals surface area contributed by atoms with Gasteiger partial charge < -0.3 is 10.2 Å². The monoisotopic (exact) mass is 235 g/mol. The maximum Gasteiger partial charge on any atom is 0.225 e. The fourth-order valence-corrected chi connectivity index (χ4v) is 2.62. The van der Waals surface area contributed by atoms with Crippen LogP contribution in [0.2, 0.25) is 0 Å². The molecule has 6 heteroatoms. The molecule has 0 aromatic carbocycles. The van der Waals surface area contributed by atoms with E-state index in [1.165, 1.54) is 12.8 Å². The fraction of sp³-hybridized carbons (Fsp3) is 0.636. The Morgan fingerprint density at radius 1 is 1.29 bits per heavy atom. The van der Waals surface area contributed by atoms with Crippen LogP contribution in [0.15, 0.2) is 12.4 Å². The van der Waals surface area contributed by atoms with Crippen LogP contribution in [0, 0.1) is 0 Å². The van der Waals surface area contributed by atoms with E-state index in [4.69, 9.17) is 4.84 Å². The number of fused-ring (bicyclic) bond motifs is 2. The van der Waals surface area contributed by atoms with E-state index in [1.54, 1.807) is 19.5 Å². The molecule has 0 radical (unpaired) electrons. The zero-order chi connectivity index (χ0) is 11.7. The molecule has 3 heterocycles. The van der Waals surface area contributed by atoms with Crippen LogP contribution >= 0.6 is 0 Å². The lowest BCUT2D eigenvalue weighted by Crippen LogP contribution is -2.51. The smallest absolute Gasteiger partial charge is 0.225 e. The molecule has 2 bridgehead atoms. The molecule has 3 rings (SSSR count). The molecule has 2 atom stereocenters. The van der Waals surface area contributed by atoms with Crippen molar-refractivity contribution < 1.29 is 4.84 Å². The van der Waals surface area contributed by atoms with E-state index < -0.39 is 0 Å². The van der Waals surface area contributed by atoms with Crippen LogP contribution in [-0.2, 0) is 4.84 Å². The summed E-state index contributed by atoms with van der Waals surface area (Å²) in [5, 5.41) is 3.59. The molecule has 1 aromatic heterocycles. The third-order valence-electron chi connectivity index (χ3n) is 3.36. The van der Waals surface area contributed by atoms with Gasteiger partial charge in [-0.25, -0.2) is 9.97 Å². The molecule has 0 aliphatic carbocycles. The average Bonchev–Trinajstić information content (AvgIpc) is 2.70. The summed E-state index contributed by atoms with van der Waals surface area (Å²) in [5.74, 6) is 0.810. The van der Waals surface area contributed by atoms with Gasteiger partial charge in [-0.2, -0.15) is 0 Å². The van der Waals surface area contributed by atoms with Crippen LogP contribution in [0.5, 0.6) is 0 Å². The Kier molecular flexibility index (Phi) is 2.82. The largest absolute Gasteiger partial charge is 0.338 e. The van der Waals surface area contributed by atoms with Crippen molar-refractivity contribution in [1.82, 2.24) is 15.3 Å². The van der Waals surface area contributed by atoms with Crippen molar-refractivity contribution in [3.8, 4) is 0 Å². The molecule has 1 aromatic rings. The Hall–Kier alpha value is -1.40. The van der Waals surface area contributed by atoms with Gasteiger partial charge in [-0.1, -0.05) is 0 Å². The van der Waals surface area contributed by atoms with Gasteiger partial charge >= 0.3 is 0 Å². The Labute approximate surface area is 100 Å². The highest BCUT2D eigenvalue weighted by molar-refractivity contribution is 5.41. The van der Waals surface area contributed by atoms with Gasteiger partial charge in [0, 0.05) is 25.2 Å². The van der Waals surface area contributed by atoms with Gasteiger partial charge in [0.2, 0.25) is 5.95 Å². The summed E-state index contributed by atoms with van der Waals surface area (Å²) in [7, 11) is 1.57. The van der Waals surface area contributed by atoms with E-state index in [0.717, 1.165) is 24.7 Å². The second-order valence-electron chi connectivity index (χ2n) is 4.62. The van der Waals surface area contributed by atoms with E-state index in [2.05, 4.69) is 25.7 Å². The van der Waals surface area contributed by atoms with Crippen molar-refractivity contribution in [3.63, 3.8) is 0 Å². The SMILES string of the molecule is CONc1cnc(N2C[C@H]3CC[C@@H](C2)N3)nc1. The summed E-state index contributed by atoms with van der Waals surface area (Å²) in [5.41, 5.74) is 3.48. The maximum atomic E-state index is 4.80. The Morgan fingerprint density at radius 2 is 1.94 bits per heavy atom. The number of anilines is 2. The van der Waals surface area contributed by atoms with E-state index in [-0.39, 0.29) is 0 Å². The van der Waals surface area contributed by atoms with Gasteiger partial charge in [0.25, 0.3) is 0 Å². The first-order valence-corrected chi connectivity index (χ1v) is 5.97. The maximum absolute atomic E-state index is 4.80. The number of nitrogens with one attached hydrogen (secondary N) is 2. The first-order chi connectivity index (χ1) is 8.35. The van der Waals surface area contributed by atoms with Crippen molar-refractivity contribution in [2.45, 2.75) is 24.9 Å². The summed E-state index contributed by atoms with van der Waals surface area (Å²) in [6.07, 6.45) is 6.03. The van der Waals surface area contributed by atoms with Gasteiger partial charge in [-0.15, -0.1) is 0 Å². The summed E-state index contributed by atoms with van der Waals surface area (Å²) in [4.78, 5) is 15.8. The molecule has 2 saturated heterocycles. The summed E-state index contributed by atoms with van der Waals surface area (Å²) in [6.45, 7) is 2.01. The number of hydrogen-bond donors (Lipinski definition) is 2. The summed E-state index contributed by atoms with van der Waals surface area (Å²) in [6, 6.07) is 1.21. The van der Waals surface area contributed by atoms with Crippen molar-refractivity contribution in [2.75, 3.05) is 30.6 Å². The van der Waals surface area contributed by atoms with Crippen LogP contribution in [0.3, 0.4) is 0 Å². The van der Waals surface area contributed by atoms with Gasteiger partial charge in [-0.3, -0.25) is 10.3 Å². The quantitative estimate of drug-likeness (QED) is 0.739. The minimum atomic E-state index is 0.606. The molecule has 0 unspecified atom stereocenters. The summed E-state index contributed by atoms with van der Waals surface area (Å²) < 4.78 is 0. The number of rotatable bonds is 3. The highest BCUT2D eigenvalue weighted by Crippen LogP contribution is 2.22. The fourth-order valence-electron chi connectivity index (χ4n) is 2.62. The molecule has 0 spiro atoms. The Bertz CT molecular complexity index is 370. The predicted molar refractivity (Wildman–Crippen MR) is 64.8 cm³/mol. The minimum Gasteiger partial charge on any atom is -0.338 e. The van der Waals surface area contributed by atoms with Gasteiger partial charge in [0.15, 0.2) is 0 Å². The zero-order valence-corrected chi connectivity index (χ0v) is 9.89. The highest BCUT2D eigenvalue weighted by atomic mass is 16.6. The first-order valence-electron chi connectivity index (χ1n) is 5.97. The molecule has 6 nitrogen and oxygen atoms in total. The van der Waals surface area contributed by atoms with Crippen molar-refractivity contribution in [2.24, 2.45) is 0 Å². The lowest BCUT2D eigenvalue weighted by atomic mass is 10.2. The number of piperazine rings is 1. The third-order valence-corrected chi connectivity index (χ3v) is 3.36. The number of nitrogens with zero attached hydrogens (tertiary/aromatic N) is 3. The minimum absolute atomic E-state index is 0.606. The lowest BCUT2D eigenvalue weighted by molar-refractivity contribution is 0.270. The van der Waals surface area contributed by atoms with Crippen LogP contribution in [0.4, 0.5) is 11.6 Å². The standard InChI is InChI=1S/C11H17N5O/c1-17-15-10-4-12-11(13-5-10)16-6-8-2-3-9(7-16)14-8/h4-5,8-9,14-15H,2-3,6-7H2,1H3/t8-,9+. The zero-order valence-electron chi connectivity index (χ0n) is 9.89. The topological polar surface area (TPSA) is 62.3 Å². The first kappa shape index (κ1) is 10.7. The van der Waals surface area contributed by atoms with E-state index in [1.807, 2.05) is 0 Å². The molecule has 2 fully saturated rings. The second kappa shape index (κ2) is 4.46. The van der Waals surface area contributed by atoms with E-state index in [0.29, 0.717) is 12.1 Å². The molecule has 17 heavy (non-hydrogen) atoms. The van der Waals surface area contributed by atoms with Gasteiger partial charge in [0.1, 0.15) is 0 Å². The molecule has 0 saturated carbocycles. The lowest BCUT2D eigenvalue weighted by Gasteiger charge is -2.32. The summed E-state index contributed by atoms with van der Waals surface area (Å²) >= 11 is 0. The van der Waals surface area contributed by atoms with Crippen LogP contribution in [0.25, 0.3) is 0 Å². The van der Waals surface area contributed by atoms with Gasteiger partial charge in [0.05, 0.1) is 25.2 Å². The van der Waals surface area contributed by atoms with E-state index in [9.17, 15) is 0 Å². The number of hydrogen-bond acceptors (Lipinski definition) is 6. The van der Waals surface area contributed by atoms with Crippen molar-refractivity contribution in [3.05, 3.63) is 12.4 Å². The molecule has 2 N–H and O–H groups in total. The van der Waals surface area contributed by atoms with Crippen molar-refractivity contribution in [1.29, 1.82) is 0 Å². The molecule has 2 aliphatic rings. The Morgan fingerprint density at radius 3 is 2.53 bits per heavy atom. The predicted octanol–water partition coefficient (Wildman–Crippen LogP) is 0.390. The Balaban J connectivity index is 1.71. The van der Waals surface area contributed by atoms with Crippen molar-refractivity contribution >= 4 is 11.6 Å². The van der Waals surface area contributed by atoms with E-state index >= 15 is 0 Å². The molecule has 92 valence electrons. The molecular weight excluding hydrogens is 218 g/mol. The third kappa shape index (κ3) is 2.18.